The summed E-state index contributed by atoms with van der Waals surface area (Å²) in [5.41, 5.74) is 0.379. The average molecular weight is 364 g/mol. The fraction of sp³-hybridized carbons (Fsp3) is 0.778. The number of rotatable bonds is 10. The molecule has 1 aromatic heterocycles. The summed E-state index contributed by atoms with van der Waals surface area (Å²) in [5.74, 6) is -0.130. The summed E-state index contributed by atoms with van der Waals surface area (Å²) in [6, 6.07) is 0.0317. The zero-order valence-electron chi connectivity index (χ0n) is 16.4. The molecule has 146 valence electrons. The molecule has 0 saturated heterocycles. The molecule has 2 heterocycles. The van der Waals surface area contributed by atoms with Gasteiger partial charge in [0.05, 0.1) is 6.54 Å². The fourth-order valence-corrected chi connectivity index (χ4v) is 3.41. The summed E-state index contributed by atoms with van der Waals surface area (Å²) in [4.78, 5) is 27.2. The molecule has 0 radical (unpaired) electrons. The van der Waals surface area contributed by atoms with Crippen LogP contribution in [0.4, 0.5) is 0 Å². The smallest absolute Gasteiger partial charge is 0.274 e. The predicted octanol–water partition coefficient (Wildman–Crippen LogP) is 1.29. The van der Waals surface area contributed by atoms with E-state index in [0.29, 0.717) is 19.0 Å². The largest absolute Gasteiger partial charge is 0.349 e. The molecule has 1 atom stereocenters. The number of amides is 2. The second-order valence-corrected chi connectivity index (χ2v) is 7.37. The molecule has 0 saturated carbocycles. The highest BCUT2D eigenvalue weighted by molar-refractivity contribution is 6.05. The Morgan fingerprint density at radius 2 is 2.00 bits per heavy atom. The van der Waals surface area contributed by atoms with Gasteiger partial charge in [0.25, 0.3) is 11.8 Å². The SMILES string of the molecule is CCCN(CCC)CCNC(=O)c1nnn2c1C(=O)N[C@@H](CC(C)C)C2. The van der Waals surface area contributed by atoms with Crippen molar-refractivity contribution in [3.05, 3.63) is 11.4 Å². The lowest BCUT2D eigenvalue weighted by Gasteiger charge is -2.25. The van der Waals surface area contributed by atoms with Gasteiger partial charge in [0.1, 0.15) is 0 Å². The molecule has 0 spiro atoms. The van der Waals surface area contributed by atoms with E-state index in [1.165, 1.54) is 0 Å². The van der Waals surface area contributed by atoms with E-state index in [9.17, 15) is 9.59 Å². The van der Waals surface area contributed by atoms with Crippen LogP contribution in [0, 0.1) is 5.92 Å². The molecule has 0 bridgehead atoms. The normalized spacial score (nSPS) is 16.7. The van der Waals surface area contributed by atoms with Gasteiger partial charge in [0.15, 0.2) is 11.4 Å². The third-order valence-electron chi connectivity index (χ3n) is 4.44. The molecular weight excluding hydrogens is 332 g/mol. The number of hydrogen-bond donors (Lipinski definition) is 2. The van der Waals surface area contributed by atoms with Gasteiger partial charge in [-0.3, -0.25) is 9.59 Å². The molecule has 8 heteroatoms. The molecule has 1 aliphatic heterocycles. The number of carbonyl (C=O) groups excluding carboxylic acids is 2. The van der Waals surface area contributed by atoms with Crippen LogP contribution in [0.25, 0.3) is 0 Å². The second kappa shape index (κ2) is 9.66. The maximum absolute atomic E-state index is 12.5. The minimum absolute atomic E-state index is 0.0317. The molecule has 26 heavy (non-hydrogen) atoms. The number of nitrogens with zero attached hydrogens (tertiary/aromatic N) is 4. The van der Waals surface area contributed by atoms with Crippen molar-refractivity contribution < 1.29 is 9.59 Å². The number of carbonyl (C=O) groups is 2. The highest BCUT2D eigenvalue weighted by atomic mass is 16.2. The Morgan fingerprint density at radius 1 is 1.31 bits per heavy atom. The second-order valence-electron chi connectivity index (χ2n) is 7.37. The van der Waals surface area contributed by atoms with Crippen molar-refractivity contribution in [3.8, 4) is 0 Å². The molecule has 8 nitrogen and oxygen atoms in total. The van der Waals surface area contributed by atoms with Crippen molar-refractivity contribution >= 4 is 11.8 Å². The van der Waals surface area contributed by atoms with Crippen LogP contribution in [0.5, 0.6) is 0 Å². The minimum atomic E-state index is -0.336. The fourth-order valence-electron chi connectivity index (χ4n) is 3.41. The van der Waals surface area contributed by atoms with Crippen LogP contribution in [-0.4, -0.2) is 63.9 Å². The maximum Gasteiger partial charge on any atom is 0.274 e. The molecule has 0 fully saturated rings. The number of fused-ring (bicyclic) bond motifs is 1. The van der Waals surface area contributed by atoms with Gasteiger partial charge in [-0.1, -0.05) is 32.9 Å². The first-order chi connectivity index (χ1) is 12.5. The Hall–Kier alpha value is -1.96. The van der Waals surface area contributed by atoms with E-state index in [0.717, 1.165) is 38.9 Å². The first kappa shape index (κ1) is 20.4. The molecule has 1 aliphatic rings. The van der Waals surface area contributed by atoms with Crippen LogP contribution in [0.15, 0.2) is 0 Å². The van der Waals surface area contributed by atoms with Gasteiger partial charge in [0.2, 0.25) is 0 Å². The van der Waals surface area contributed by atoms with Gasteiger partial charge < -0.3 is 15.5 Å². The molecule has 0 unspecified atom stereocenters. The Balaban J connectivity index is 1.95. The van der Waals surface area contributed by atoms with E-state index in [1.54, 1.807) is 4.68 Å². The lowest BCUT2D eigenvalue weighted by Crippen LogP contribution is -2.46. The van der Waals surface area contributed by atoms with E-state index >= 15 is 0 Å². The molecule has 0 aliphatic carbocycles. The highest BCUT2D eigenvalue weighted by Gasteiger charge is 2.32. The Morgan fingerprint density at radius 3 is 2.62 bits per heavy atom. The summed E-state index contributed by atoms with van der Waals surface area (Å²) in [5, 5.41) is 13.8. The first-order valence-corrected chi connectivity index (χ1v) is 9.71. The topological polar surface area (TPSA) is 92.2 Å². The third kappa shape index (κ3) is 5.27. The van der Waals surface area contributed by atoms with Gasteiger partial charge in [0, 0.05) is 19.1 Å². The highest BCUT2D eigenvalue weighted by Crippen LogP contribution is 2.16. The summed E-state index contributed by atoms with van der Waals surface area (Å²) in [7, 11) is 0. The summed E-state index contributed by atoms with van der Waals surface area (Å²) < 4.78 is 1.56. The van der Waals surface area contributed by atoms with E-state index in [2.05, 4.69) is 53.5 Å². The number of nitrogens with one attached hydrogen (secondary N) is 2. The maximum atomic E-state index is 12.5. The lowest BCUT2D eigenvalue weighted by molar-refractivity contribution is 0.0869. The van der Waals surface area contributed by atoms with Crippen LogP contribution < -0.4 is 10.6 Å². The molecule has 0 aromatic carbocycles. The van der Waals surface area contributed by atoms with E-state index < -0.39 is 0 Å². The molecular formula is C18H32N6O2. The van der Waals surface area contributed by atoms with Gasteiger partial charge in [-0.05, 0) is 38.3 Å². The van der Waals surface area contributed by atoms with Crippen LogP contribution >= 0.6 is 0 Å². The van der Waals surface area contributed by atoms with Gasteiger partial charge >= 0.3 is 0 Å². The lowest BCUT2D eigenvalue weighted by atomic mass is 10.0. The Labute approximate surface area is 155 Å². The standard InChI is InChI=1S/C18H32N6O2/c1-5-8-23(9-6-2)10-7-19-17(25)15-16-18(26)20-14(11-13(3)4)12-24(16)22-21-15/h13-14H,5-12H2,1-4H3,(H,19,25)(H,20,26)/t14-/m0/s1. The van der Waals surface area contributed by atoms with Crippen molar-refractivity contribution in [2.75, 3.05) is 26.2 Å². The number of aromatic nitrogens is 3. The van der Waals surface area contributed by atoms with E-state index in [4.69, 9.17) is 0 Å². The monoisotopic (exact) mass is 364 g/mol. The van der Waals surface area contributed by atoms with Crippen LogP contribution in [0.2, 0.25) is 0 Å². The first-order valence-electron chi connectivity index (χ1n) is 9.71. The molecule has 2 amide bonds. The number of hydrogen-bond acceptors (Lipinski definition) is 5. The molecule has 2 N–H and O–H groups in total. The van der Waals surface area contributed by atoms with E-state index in [1.807, 2.05) is 0 Å². The van der Waals surface area contributed by atoms with Gasteiger partial charge in [-0.25, -0.2) is 4.68 Å². The summed E-state index contributed by atoms with van der Waals surface area (Å²) in [6.45, 7) is 12.4. The van der Waals surface area contributed by atoms with Crippen molar-refractivity contribution in [1.82, 2.24) is 30.5 Å². The predicted molar refractivity (Wildman–Crippen MR) is 100 cm³/mol. The minimum Gasteiger partial charge on any atom is -0.349 e. The summed E-state index contributed by atoms with van der Waals surface area (Å²) in [6.07, 6.45) is 3.05. The van der Waals surface area contributed by atoms with Crippen LogP contribution in [0.3, 0.4) is 0 Å². The van der Waals surface area contributed by atoms with Crippen molar-refractivity contribution in [3.63, 3.8) is 0 Å². The van der Waals surface area contributed by atoms with Crippen molar-refractivity contribution in [1.29, 1.82) is 0 Å². The Bertz CT molecular complexity index is 607. The van der Waals surface area contributed by atoms with Gasteiger partial charge in [-0.2, -0.15) is 0 Å². The van der Waals surface area contributed by atoms with Crippen LogP contribution in [0.1, 0.15) is 67.9 Å². The average Bonchev–Trinajstić information content (AvgIpc) is 2.99. The zero-order valence-corrected chi connectivity index (χ0v) is 16.4. The molecule has 2 rings (SSSR count). The Kier molecular flexibility index (Phi) is 7.56. The third-order valence-corrected chi connectivity index (χ3v) is 4.44. The van der Waals surface area contributed by atoms with Crippen molar-refractivity contribution in [2.45, 2.75) is 59.5 Å². The van der Waals surface area contributed by atoms with Gasteiger partial charge in [-0.15, -0.1) is 5.10 Å². The summed E-state index contributed by atoms with van der Waals surface area (Å²) >= 11 is 0. The molecule has 1 aromatic rings. The van der Waals surface area contributed by atoms with Crippen LogP contribution in [-0.2, 0) is 6.54 Å². The van der Waals surface area contributed by atoms with Crippen molar-refractivity contribution in [2.24, 2.45) is 5.92 Å². The zero-order chi connectivity index (χ0) is 19.1. The quantitative estimate of drug-likeness (QED) is 0.653. The van der Waals surface area contributed by atoms with E-state index in [-0.39, 0.29) is 29.2 Å².